The molecule has 8 heteroatoms. The number of nitrogens with one attached hydrogen (secondary N) is 2. The maximum absolute atomic E-state index is 14.0. The highest BCUT2D eigenvalue weighted by molar-refractivity contribution is 5.94. The summed E-state index contributed by atoms with van der Waals surface area (Å²) in [4.78, 5) is 44.3. The van der Waals surface area contributed by atoms with Crippen molar-refractivity contribution in [2.45, 2.75) is 70.1 Å². The van der Waals surface area contributed by atoms with Crippen LogP contribution in [0.4, 0.5) is 5.69 Å². The lowest BCUT2D eigenvalue weighted by Crippen LogP contribution is -2.51. The van der Waals surface area contributed by atoms with Gasteiger partial charge in [-0.05, 0) is 60.2 Å². The molecule has 0 radical (unpaired) electrons. The van der Waals surface area contributed by atoms with Crippen molar-refractivity contribution in [2.24, 2.45) is 0 Å². The van der Waals surface area contributed by atoms with Crippen LogP contribution >= 0.6 is 0 Å². The number of carbonyl (C=O) groups is 3. The molecular weight excluding hydrogens is 540 g/mol. The molecule has 43 heavy (non-hydrogen) atoms. The van der Waals surface area contributed by atoms with Crippen molar-refractivity contribution >= 4 is 23.4 Å². The van der Waals surface area contributed by atoms with Crippen molar-refractivity contribution in [3.63, 3.8) is 0 Å². The van der Waals surface area contributed by atoms with Crippen LogP contribution in [-0.2, 0) is 33.8 Å². The van der Waals surface area contributed by atoms with Crippen LogP contribution in [0.15, 0.2) is 78.9 Å². The Balaban J connectivity index is 1.29. The van der Waals surface area contributed by atoms with Gasteiger partial charge in [-0.15, -0.1) is 0 Å². The monoisotopic (exact) mass is 582 g/mol. The molecule has 0 aliphatic carbocycles. The Morgan fingerprint density at radius 2 is 1.72 bits per heavy atom. The summed E-state index contributed by atoms with van der Waals surface area (Å²) in [7, 11) is 1.62. The van der Waals surface area contributed by atoms with Crippen molar-refractivity contribution in [3.8, 4) is 5.75 Å². The first-order valence-electron chi connectivity index (χ1n) is 15.3. The molecule has 1 unspecified atom stereocenters. The second-order valence-corrected chi connectivity index (χ2v) is 11.5. The normalized spacial score (nSPS) is 18.4. The number of rotatable bonds is 11. The number of anilines is 1. The molecule has 8 nitrogen and oxygen atoms in total. The van der Waals surface area contributed by atoms with Gasteiger partial charge in [0.2, 0.25) is 17.7 Å². The fourth-order valence-electron chi connectivity index (χ4n) is 6.19. The van der Waals surface area contributed by atoms with Crippen LogP contribution in [0.5, 0.6) is 5.75 Å². The standard InChI is InChI=1S/C35H42N4O4/c1-3-9-34(41)39(29-12-5-4-6-13-29)30-18-19-38(24-30)35(42)32(20-25-14-16-31(43-2)17-15-25)37-33(40)22-28-21-26-10-7-8-11-27(26)23-36-28/h4-8,10-17,28,30,32,36H,3,9,18-24H2,1-2H3,(H,37,40)/t28?,30-,32-/m1/s1. The maximum atomic E-state index is 14.0. The third-order valence-corrected chi connectivity index (χ3v) is 8.44. The van der Waals surface area contributed by atoms with E-state index in [9.17, 15) is 14.4 Å². The summed E-state index contributed by atoms with van der Waals surface area (Å²) in [6.07, 6.45) is 3.33. The molecule has 226 valence electrons. The van der Waals surface area contributed by atoms with Gasteiger partial charge in [-0.1, -0.05) is 61.5 Å². The number of carbonyl (C=O) groups excluding carboxylic acids is 3. The highest BCUT2D eigenvalue weighted by Crippen LogP contribution is 2.26. The number of ether oxygens (including phenoxy) is 1. The molecule has 1 fully saturated rings. The Labute approximate surface area is 254 Å². The minimum Gasteiger partial charge on any atom is -0.497 e. The van der Waals surface area contributed by atoms with Gasteiger partial charge in [0.25, 0.3) is 0 Å². The van der Waals surface area contributed by atoms with Gasteiger partial charge in [0, 0.05) is 50.6 Å². The third kappa shape index (κ3) is 7.62. The number of hydrogen-bond acceptors (Lipinski definition) is 5. The Kier molecular flexibility index (Phi) is 10.1. The van der Waals surface area contributed by atoms with E-state index in [0.717, 1.165) is 36.4 Å². The molecule has 3 amide bonds. The van der Waals surface area contributed by atoms with E-state index in [1.54, 1.807) is 7.11 Å². The lowest BCUT2D eigenvalue weighted by Gasteiger charge is -2.30. The average molecular weight is 583 g/mol. The summed E-state index contributed by atoms with van der Waals surface area (Å²) >= 11 is 0. The summed E-state index contributed by atoms with van der Waals surface area (Å²) in [5.74, 6) is 0.533. The van der Waals surface area contributed by atoms with Crippen molar-refractivity contribution in [1.82, 2.24) is 15.5 Å². The van der Waals surface area contributed by atoms with Gasteiger partial charge in [-0.2, -0.15) is 0 Å². The lowest BCUT2D eigenvalue weighted by atomic mass is 9.94. The Hall–Kier alpha value is -4.17. The summed E-state index contributed by atoms with van der Waals surface area (Å²) in [5.41, 5.74) is 4.31. The van der Waals surface area contributed by atoms with Crippen LogP contribution in [0.25, 0.3) is 0 Å². The molecule has 3 aromatic rings. The zero-order valence-electron chi connectivity index (χ0n) is 25.1. The Bertz CT molecular complexity index is 1390. The highest BCUT2D eigenvalue weighted by Gasteiger charge is 2.36. The number of amides is 3. The van der Waals surface area contributed by atoms with Gasteiger partial charge >= 0.3 is 0 Å². The van der Waals surface area contributed by atoms with Gasteiger partial charge in [0.15, 0.2) is 0 Å². The predicted molar refractivity (Wildman–Crippen MR) is 168 cm³/mol. The molecule has 0 bridgehead atoms. The molecule has 0 aromatic heterocycles. The van der Waals surface area contributed by atoms with Gasteiger partial charge in [0.05, 0.1) is 13.2 Å². The SMILES string of the molecule is CCCC(=O)N(c1ccccc1)[C@@H]1CCN(C(=O)[C@@H](Cc2ccc(OC)cc2)NC(=O)CC2Cc3ccccc3CN2)C1. The van der Waals surface area contributed by atoms with Crippen LogP contribution in [0.1, 0.15) is 49.3 Å². The zero-order valence-corrected chi connectivity index (χ0v) is 25.1. The molecule has 2 N–H and O–H groups in total. The van der Waals surface area contributed by atoms with Crippen LogP contribution in [-0.4, -0.2) is 60.9 Å². The van der Waals surface area contributed by atoms with E-state index >= 15 is 0 Å². The fourth-order valence-corrected chi connectivity index (χ4v) is 6.19. The molecular formula is C35H42N4O4. The molecule has 2 aliphatic rings. The summed E-state index contributed by atoms with van der Waals surface area (Å²) in [6, 6.07) is 24.7. The number of benzene rings is 3. The average Bonchev–Trinajstić information content (AvgIpc) is 3.51. The smallest absolute Gasteiger partial charge is 0.245 e. The van der Waals surface area contributed by atoms with E-state index in [1.165, 1.54) is 11.1 Å². The molecule has 3 atom stereocenters. The Morgan fingerprint density at radius 3 is 2.44 bits per heavy atom. The minimum absolute atomic E-state index is 0.00631. The van der Waals surface area contributed by atoms with Crippen LogP contribution in [0.2, 0.25) is 0 Å². The number of fused-ring (bicyclic) bond motifs is 1. The maximum Gasteiger partial charge on any atom is 0.245 e. The minimum atomic E-state index is -0.716. The topological polar surface area (TPSA) is 91.0 Å². The van der Waals surface area contributed by atoms with E-state index in [-0.39, 0.29) is 36.2 Å². The van der Waals surface area contributed by atoms with E-state index in [0.29, 0.717) is 32.4 Å². The number of methoxy groups -OCH3 is 1. The summed E-state index contributed by atoms with van der Waals surface area (Å²) < 4.78 is 5.30. The number of likely N-dealkylation sites (tertiary alicyclic amines) is 1. The molecule has 2 heterocycles. The summed E-state index contributed by atoms with van der Waals surface area (Å²) in [6.45, 7) is 3.69. The first kappa shape index (κ1) is 30.3. The van der Waals surface area contributed by atoms with Gasteiger partial charge in [-0.25, -0.2) is 0 Å². The largest absolute Gasteiger partial charge is 0.497 e. The van der Waals surface area contributed by atoms with Gasteiger partial charge in [0.1, 0.15) is 11.8 Å². The van der Waals surface area contributed by atoms with E-state index in [1.807, 2.05) is 83.5 Å². The van der Waals surface area contributed by atoms with Gasteiger partial charge in [-0.3, -0.25) is 14.4 Å². The van der Waals surface area contributed by atoms with Crippen LogP contribution in [0.3, 0.4) is 0 Å². The molecule has 0 saturated carbocycles. The summed E-state index contributed by atoms with van der Waals surface area (Å²) in [5, 5.41) is 6.55. The Morgan fingerprint density at radius 1 is 1.00 bits per heavy atom. The van der Waals surface area contributed by atoms with Crippen molar-refractivity contribution in [3.05, 3.63) is 95.6 Å². The van der Waals surface area contributed by atoms with Crippen LogP contribution < -0.4 is 20.3 Å². The predicted octanol–water partition coefficient (Wildman–Crippen LogP) is 4.26. The van der Waals surface area contributed by atoms with Crippen molar-refractivity contribution < 1.29 is 19.1 Å². The quantitative estimate of drug-likeness (QED) is 0.353. The second-order valence-electron chi connectivity index (χ2n) is 11.5. The molecule has 3 aromatic carbocycles. The lowest BCUT2D eigenvalue weighted by molar-refractivity contribution is -0.135. The van der Waals surface area contributed by atoms with Crippen LogP contribution in [0, 0.1) is 0 Å². The number of nitrogens with zero attached hydrogens (tertiary/aromatic N) is 2. The molecule has 2 aliphatic heterocycles. The first-order valence-corrected chi connectivity index (χ1v) is 15.3. The van der Waals surface area contributed by atoms with Gasteiger partial charge < -0.3 is 25.2 Å². The number of para-hydroxylation sites is 1. The first-order chi connectivity index (χ1) is 20.9. The van der Waals surface area contributed by atoms with Crippen molar-refractivity contribution in [2.75, 3.05) is 25.1 Å². The van der Waals surface area contributed by atoms with E-state index in [4.69, 9.17) is 4.74 Å². The molecule has 0 spiro atoms. The van der Waals surface area contributed by atoms with E-state index < -0.39 is 6.04 Å². The fraction of sp³-hybridized carbons (Fsp3) is 0.400. The number of hydrogen-bond donors (Lipinski definition) is 2. The van der Waals surface area contributed by atoms with Crippen molar-refractivity contribution in [1.29, 1.82) is 0 Å². The molecule has 1 saturated heterocycles. The second kappa shape index (κ2) is 14.3. The molecule has 5 rings (SSSR count). The third-order valence-electron chi connectivity index (χ3n) is 8.44. The highest BCUT2D eigenvalue weighted by atomic mass is 16.5. The zero-order chi connectivity index (χ0) is 30.2. The van der Waals surface area contributed by atoms with E-state index in [2.05, 4.69) is 22.8 Å².